The van der Waals surface area contributed by atoms with E-state index < -0.39 is 40.2 Å². The highest BCUT2D eigenvalue weighted by Gasteiger charge is 2.32. The Labute approximate surface area is 219 Å². The normalized spacial score (nSPS) is 12.0. The second kappa shape index (κ2) is 12.1. The molecule has 0 bridgehead atoms. The van der Waals surface area contributed by atoms with Crippen molar-refractivity contribution in [2.24, 2.45) is 0 Å². The molecular weight excluding hydrogens is 549 g/mol. The van der Waals surface area contributed by atoms with Gasteiger partial charge in [0.1, 0.15) is 18.4 Å². The molecule has 3 aromatic rings. The fourth-order valence-corrected chi connectivity index (χ4v) is 4.98. The Morgan fingerprint density at radius 1 is 0.972 bits per heavy atom. The summed E-state index contributed by atoms with van der Waals surface area (Å²) >= 11 is 3.33. The number of nitrogens with zero attached hydrogens (tertiary/aromatic N) is 2. The van der Waals surface area contributed by atoms with Gasteiger partial charge in [-0.3, -0.25) is 13.9 Å². The number of anilines is 1. The zero-order valence-electron chi connectivity index (χ0n) is 19.9. The van der Waals surface area contributed by atoms with Crippen molar-refractivity contribution in [1.29, 1.82) is 0 Å². The molecule has 3 rings (SSSR count). The molecule has 0 saturated carbocycles. The number of hydrogen-bond acceptors (Lipinski definition) is 4. The summed E-state index contributed by atoms with van der Waals surface area (Å²) in [6, 6.07) is 20.5. The molecule has 0 aliphatic rings. The first kappa shape index (κ1) is 27.3. The lowest BCUT2D eigenvalue weighted by atomic mass is 10.0. The van der Waals surface area contributed by atoms with Gasteiger partial charge in [0.25, 0.3) is 0 Å². The van der Waals surface area contributed by atoms with Gasteiger partial charge in [0.15, 0.2) is 0 Å². The van der Waals surface area contributed by atoms with Crippen molar-refractivity contribution in [2.45, 2.75) is 19.0 Å². The molecule has 0 heterocycles. The molecule has 0 saturated heterocycles. The molecule has 3 aromatic carbocycles. The highest BCUT2D eigenvalue weighted by Crippen LogP contribution is 2.23. The van der Waals surface area contributed by atoms with Crippen LogP contribution in [0.3, 0.4) is 0 Å². The topological polar surface area (TPSA) is 86.8 Å². The molecule has 190 valence electrons. The van der Waals surface area contributed by atoms with Crippen LogP contribution in [0.1, 0.15) is 11.1 Å². The predicted octanol–water partition coefficient (Wildman–Crippen LogP) is 3.74. The highest BCUT2D eigenvalue weighted by molar-refractivity contribution is 9.10. The first-order chi connectivity index (χ1) is 17.1. The third-order valence-corrected chi connectivity index (χ3v) is 7.19. The minimum absolute atomic E-state index is 0.0138. The number of hydrogen-bond donors (Lipinski definition) is 1. The van der Waals surface area contributed by atoms with Crippen molar-refractivity contribution in [3.05, 3.63) is 100 Å². The van der Waals surface area contributed by atoms with Gasteiger partial charge in [-0.1, -0.05) is 64.5 Å². The van der Waals surface area contributed by atoms with Gasteiger partial charge in [0.2, 0.25) is 21.8 Å². The van der Waals surface area contributed by atoms with Crippen molar-refractivity contribution in [1.82, 2.24) is 10.2 Å². The van der Waals surface area contributed by atoms with E-state index in [1.807, 2.05) is 30.3 Å². The molecule has 10 heteroatoms. The van der Waals surface area contributed by atoms with Crippen molar-refractivity contribution in [3.63, 3.8) is 0 Å². The number of amides is 2. The van der Waals surface area contributed by atoms with Crippen LogP contribution in [0.4, 0.5) is 10.1 Å². The van der Waals surface area contributed by atoms with Crippen LogP contribution in [0.15, 0.2) is 83.3 Å². The number of halogens is 2. The Morgan fingerprint density at radius 2 is 1.64 bits per heavy atom. The summed E-state index contributed by atoms with van der Waals surface area (Å²) < 4.78 is 40.5. The van der Waals surface area contributed by atoms with Crippen LogP contribution in [0.25, 0.3) is 0 Å². The van der Waals surface area contributed by atoms with Gasteiger partial charge in [0.05, 0.1) is 11.9 Å². The summed E-state index contributed by atoms with van der Waals surface area (Å²) in [5.74, 6) is -1.40. The lowest BCUT2D eigenvalue weighted by Crippen LogP contribution is -2.52. The minimum Gasteiger partial charge on any atom is -0.357 e. The summed E-state index contributed by atoms with van der Waals surface area (Å²) in [4.78, 5) is 28.1. The number of nitrogens with one attached hydrogen (secondary N) is 1. The Hall–Kier alpha value is -3.24. The second-order valence-electron chi connectivity index (χ2n) is 8.22. The molecule has 7 nitrogen and oxygen atoms in total. The zero-order valence-corrected chi connectivity index (χ0v) is 22.3. The van der Waals surface area contributed by atoms with Gasteiger partial charge in [-0.15, -0.1) is 0 Å². The van der Waals surface area contributed by atoms with Crippen LogP contribution in [0.5, 0.6) is 0 Å². The molecule has 0 fully saturated rings. The fraction of sp³-hybridized carbons (Fsp3) is 0.231. The third-order valence-electron chi connectivity index (χ3n) is 5.56. The van der Waals surface area contributed by atoms with Gasteiger partial charge in [-0.25, -0.2) is 12.8 Å². The number of carbonyl (C=O) groups excluding carboxylic acids is 2. The van der Waals surface area contributed by atoms with Crippen molar-refractivity contribution in [2.75, 3.05) is 24.2 Å². The van der Waals surface area contributed by atoms with Crippen molar-refractivity contribution >= 4 is 43.5 Å². The lowest BCUT2D eigenvalue weighted by molar-refractivity contribution is -0.139. The Balaban J connectivity index is 2.01. The second-order valence-corrected chi connectivity index (χ2v) is 11.0. The fourth-order valence-electron chi connectivity index (χ4n) is 3.75. The van der Waals surface area contributed by atoms with Gasteiger partial charge in [0, 0.05) is 24.5 Å². The maximum absolute atomic E-state index is 13.7. The van der Waals surface area contributed by atoms with Crippen LogP contribution in [-0.4, -0.2) is 51.0 Å². The molecule has 0 radical (unpaired) electrons. The minimum atomic E-state index is -3.84. The van der Waals surface area contributed by atoms with Gasteiger partial charge < -0.3 is 10.2 Å². The molecule has 36 heavy (non-hydrogen) atoms. The third kappa shape index (κ3) is 7.38. The van der Waals surface area contributed by atoms with E-state index in [1.54, 1.807) is 24.3 Å². The van der Waals surface area contributed by atoms with E-state index in [9.17, 15) is 22.4 Å². The zero-order chi connectivity index (χ0) is 26.3. The molecule has 0 aromatic heterocycles. The molecule has 0 spiro atoms. The lowest BCUT2D eigenvalue weighted by Gasteiger charge is -2.33. The van der Waals surface area contributed by atoms with Crippen LogP contribution in [0, 0.1) is 5.82 Å². The van der Waals surface area contributed by atoms with Crippen LogP contribution >= 0.6 is 15.9 Å². The van der Waals surface area contributed by atoms with Crippen LogP contribution in [-0.2, 0) is 32.6 Å². The van der Waals surface area contributed by atoms with E-state index in [0.29, 0.717) is 15.7 Å². The maximum atomic E-state index is 13.7. The number of likely N-dealkylation sites (N-methyl/N-ethyl adjacent to an activating group) is 1. The quantitative estimate of drug-likeness (QED) is 0.399. The first-order valence-electron chi connectivity index (χ1n) is 11.1. The smallest absolute Gasteiger partial charge is 0.244 e. The van der Waals surface area contributed by atoms with E-state index in [-0.39, 0.29) is 13.0 Å². The number of sulfonamides is 1. The summed E-state index contributed by atoms with van der Waals surface area (Å²) in [6.07, 6.45) is 1.23. The Bertz CT molecular complexity index is 1300. The van der Waals surface area contributed by atoms with Crippen LogP contribution < -0.4 is 9.62 Å². The molecule has 0 unspecified atom stereocenters. The summed E-state index contributed by atoms with van der Waals surface area (Å²) in [5.41, 5.74) is 1.73. The Morgan fingerprint density at radius 3 is 2.22 bits per heavy atom. The van der Waals surface area contributed by atoms with Gasteiger partial charge in [-0.2, -0.15) is 0 Å². The van der Waals surface area contributed by atoms with E-state index >= 15 is 0 Å². The number of carbonyl (C=O) groups is 2. The molecular formula is C26H27BrFN3O4S. The van der Waals surface area contributed by atoms with Crippen LogP contribution in [0.2, 0.25) is 0 Å². The van der Waals surface area contributed by atoms with Gasteiger partial charge >= 0.3 is 0 Å². The first-order valence-corrected chi connectivity index (χ1v) is 13.8. The molecule has 0 aliphatic carbocycles. The van der Waals surface area contributed by atoms with E-state index in [2.05, 4.69) is 21.2 Å². The van der Waals surface area contributed by atoms with E-state index in [4.69, 9.17) is 0 Å². The van der Waals surface area contributed by atoms with Crippen molar-refractivity contribution < 1.29 is 22.4 Å². The van der Waals surface area contributed by atoms with Gasteiger partial charge in [-0.05, 0) is 41.5 Å². The van der Waals surface area contributed by atoms with E-state index in [1.165, 1.54) is 36.2 Å². The SMILES string of the molecule is CNC(=O)[C@H](Cc1ccccc1)N(Cc1ccc(F)cc1)C(=O)CN(c1cccc(Br)c1)S(C)(=O)=O. The average Bonchev–Trinajstić information content (AvgIpc) is 2.85. The average molecular weight is 576 g/mol. The maximum Gasteiger partial charge on any atom is 0.244 e. The summed E-state index contributed by atoms with van der Waals surface area (Å²) in [5, 5.41) is 2.61. The molecule has 2 amide bonds. The number of rotatable bonds is 10. The largest absolute Gasteiger partial charge is 0.357 e. The molecule has 0 aliphatic heterocycles. The highest BCUT2D eigenvalue weighted by atomic mass is 79.9. The molecule has 1 atom stereocenters. The summed E-state index contributed by atoms with van der Waals surface area (Å²) in [6.45, 7) is -0.529. The predicted molar refractivity (Wildman–Crippen MR) is 141 cm³/mol. The standard InChI is InChI=1S/C26H27BrFN3O4S/c1-29-26(33)24(15-19-7-4-3-5-8-19)30(17-20-11-13-22(28)14-12-20)25(32)18-31(36(2,34)35)23-10-6-9-21(27)16-23/h3-14,16,24H,15,17-18H2,1-2H3,(H,29,33)/t24-/m0/s1. The number of benzene rings is 3. The monoisotopic (exact) mass is 575 g/mol. The van der Waals surface area contributed by atoms with Crippen molar-refractivity contribution in [3.8, 4) is 0 Å². The Kier molecular flexibility index (Phi) is 9.22. The molecule has 1 N–H and O–H groups in total. The van der Waals surface area contributed by atoms with E-state index in [0.717, 1.165) is 16.1 Å². The summed E-state index contributed by atoms with van der Waals surface area (Å²) in [7, 11) is -2.36.